The number of amides is 1. The number of nitrogens with two attached hydrogens (primary N) is 1. The van der Waals surface area contributed by atoms with E-state index < -0.39 is 5.91 Å². The van der Waals surface area contributed by atoms with Crippen LogP contribution in [0, 0.1) is 0 Å². The number of rotatable bonds is 1. The Hall–Kier alpha value is -1.23. The monoisotopic (exact) mass is 158 g/mol. The van der Waals surface area contributed by atoms with Gasteiger partial charge in [-0.2, -0.15) is 0 Å². The lowest BCUT2D eigenvalue weighted by Crippen LogP contribution is -2.09. The first-order chi connectivity index (χ1) is 4.80. The molecule has 0 atom stereocenters. The summed E-state index contributed by atoms with van der Waals surface area (Å²) in [6.07, 6.45) is 2.87. The van der Waals surface area contributed by atoms with E-state index in [0.29, 0.717) is 5.56 Å². The molecule has 1 amide bonds. The average molecular weight is 158 g/mol. The maximum atomic E-state index is 10.5. The molecule has 5 heteroatoms. The molecular weight excluding hydrogens is 152 g/mol. The van der Waals surface area contributed by atoms with Crippen LogP contribution >= 0.6 is 11.8 Å². The lowest BCUT2D eigenvalue weighted by Gasteiger charge is -1.82. The summed E-state index contributed by atoms with van der Waals surface area (Å²) in [7, 11) is 0. The SMILES string of the molecule is NC(=O)c1cc[nH]soc1. The van der Waals surface area contributed by atoms with Crippen molar-refractivity contribution in [1.29, 1.82) is 0 Å². The molecule has 0 radical (unpaired) electrons. The van der Waals surface area contributed by atoms with Crippen LogP contribution in [0.5, 0.6) is 0 Å². The highest BCUT2D eigenvalue weighted by Crippen LogP contribution is 1.95. The van der Waals surface area contributed by atoms with Crippen molar-refractivity contribution in [3.05, 3.63) is 24.1 Å². The predicted octanol–water partition coefficient (Wildman–Crippen LogP) is 0.893. The summed E-state index contributed by atoms with van der Waals surface area (Å²) in [6, 6.07) is 1.54. The van der Waals surface area contributed by atoms with Crippen molar-refractivity contribution in [2.75, 3.05) is 0 Å². The van der Waals surface area contributed by atoms with Gasteiger partial charge in [0.15, 0.2) is 0 Å². The van der Waals surface area contributed by atoms with Crippen LogP contribution in [0.25, 0.3) is 0 Å². The van der Waals surface area contributed by atoms with Gasteiger partial charge in [0.2, 0.25) is 0 Å². The minimum Gasteiger partial charge on any atom is -0.394 e. The van der Waals surface area contributed by atoms with E-state index in [1.165, 1.54) is 6.26 Å². The molecule has 1 rings (SSSR count). The molecule has 4 nitrogen and oxygen atoms in total. The largest absolute Gasteiger partial charge is 0.394 e. The van der Waals surface area contributed by atoms with E-state index in [-0.39, 0.29) is 0 Å². The predicted molar refractivity (Wildman–Crippen MR) is 37.1 cm³/mol. The summed E-state index contributed by atoms with van der Waals surface area (Å²) < 4.78 is 7.43. The zero-order valence-corrected chi connectivity index (χ0v) is 5.85. The Balaban J connectivity index is 3.10. The van der Waals surface area contributed by atoms with Gasteiger partial charge in [0.1, 0.15) is 18.1 Å². The topological polar surface area (TPSA) is 72.0 Å². The first-order valence-electron chi connectivity index (χ1n) is 2.55. The van der Waals surface area contributed by atoms with Crippen molar-refractivity contribution in [2.24, 2.45) is 5.73 Å². The Morgan fingerprint density at radius 2 is 2.60 bits per heavy atom. The number of hydrogen-bond acceptors (Lipinski definition) is 3. The van der Waals surface area contributed by atoms with Crippen LogP contribution in [-0.4, -0.2) is 10.3 Å². The molecule has 0 saturated heterocycles. The minimum atomic E-state index is -0.499. The molecule has 54 valence electrons. The van der Waals surface area contributed by atoms with Gasteiger partial charge in [0.05, 0.1) is 5.56 Å². The Morgan fingerprint density at radius 1 is 1.80 bits per heavy atom. The lowest BCUT2D eigenvalue weighted by molar-refractivity contribution is 0.0999. The quantitative estimate of drug-likeness (QED) is 0.637. The summed E-state index contributed by atoms with van der Waals surface area (Å²) in [5, 5.41) is 0. The molecule has 0 aliphatic heterocycles. The van der Waals surface area contributed by atoms with Gasteiger partial charge in [0.25, 0.3) is 5.91 Å². The van der Waals surface area contributed by atoms with Crippen molar-refractivity contribution in [3.63, 3.8) is 0 Å². The molecule has 0 bridgehead atoms. The third kappa shape index (κ3) is 1.63. The molecular formula is C5H6N2O2S. The summed E-state index contributed by atoms with van der Waals surface area (Å²) in [5.41, 5.74) is 5.31. The molecule has 0 saturated carbocycles. The van der Waals surface area contributed by atoms with E-state index in [1.54, 1.807) is 12.3 Å². The van der Waals surface area contributed by atoms with E-state index in [1.807, 2.05) is 0 Å². The maximum Gasteiger partial charge on any atom is 0.251 e. The Labute approximate surface area is 61.3 Å². The van der Waals surface area contributed by atoms with Gasteiger partial charge in [-0.1, -0.05) is 0 Å². The first-order valence-corrected chi connectivity index (χ1v) is 3.29. The molecule has 1 heterocycles. The number of aromatic nitrogens is 1. The second-order valence-electron chi connectivity index (χ2n) is 1.57. The van der Waals surface area contributed by atoms with Crippen LogP contribution < -0.4 is 5.73 Å². The molecule has 1 aromatic heterocycles. The van der Waals surface area contributed by atoms with Crippen LogP contribution in [0.4, 0.5) is 0 Å². The van der Waals surface area contributed by atoms with Crippen LogP contribution in [0.15, 0.2) is 22.4 Å². The van der Waals surface area contributed by atoms with Crippen LogP contribution in [0.3, 0.4) is 0 Å². The fourth-order valence-corrected chi connectivity index (χ4v) is 0.766. The molecule has 10 heavy (non-hydrogen) atoms. The van der Waals surface area contributed by atoms with Crippen molar-refractivity contribution >= 4 is 17.7 Å². The standard InChI is InChI=1S/C5H6N2O2S/c6-5(8)4-1-2-7-10-9-3-4/h1-3,7H,(H2,6,8). The van der Waals surface area contributed by atoms with E-state index in [0.717, 1.165) is 11.8 Å². The van der Waals surface area contributed by atoms with Crippen LogP contribution in [0.2, 0.25) is 0 Å². The highest BCUT2D eigenvalue weighted by atomic mass is 32.1. The van der Waals surface area contributed by atoms with Gasteiger partial charge in [-0.3, -0.25) is 9.17 Å². The molecule has 1 aromatic rings. The molecule has 0 fully saturated rings. The lowest BCUT2D eigenvalue weighted by atomic mass is 10.3. The van der Waals surface area contributed by atoms with Gasteiger partial charge in [-0.05, 0) is 6.07 Å². The smallest absolute Gasteiger partial charge is 0.251 e. The van der Waals surface area contributed by atoms with Gasteiger partial charge in [0, 0.05) is 6.20 Å². The third-order valence-corrected chi connectivity index (χ3v) is 1.31. The summed E-state index contributed by atoms with van der Waals surface area (Å²) in [4.78, 5) is 10.5. The highest BCUT2D eigenvalue weighted by Gasteiger charge is 1.95. The van der Waals surface area contributed by atoms with Gasteiger partial charge >= 0.3 is 0 Å². The number of primary amides is 1. The number of carbonyl (C=O) groups excluding carboxylic acids is 1. The minimum absolute atomic E-state index is 0.345. The van der Waals surface area contributed by atoms with Crippen molar-refractivity contribution in [2.45, 2.75) is 0 Å². The number of hydrogen-bond donors (Lipinski definition) is 2. The summed E-state index contributed by atoms with van der Waals surface area (Å²) in [5.74, 6) is -0.499. The molecule has 0 aromatic carbocycles. The zero-order chi connectivity index (χ0) is 7.40. The zero-order valence-electron chi connectivity index (χ0n) is 5.03. The average Bonchev–Trinajstić information content (AvgIpc) is 2.12. The van der Waals surface area contributed by atoms with Crippen molar-refractivity contribution in [1.82, 2.24) is 4.37 Å². The Bertz CT molecular complexity index is 240. The number of aromatic amines is 1. The van der Waals surface area contributed by atoms with E-state index in [9.17, 15) is 4.79 Å². The molecule has 3 N–H and O–H groups in total. The maximum absolute atomic E-state index is 10.5. The summed E-state index contributed by atoms with van der Waals surface area (Å²) in [6.45, 7) is 0. The number of carbonyl (C=O) groups is 1. The van der Waals surface area contributed by atoms with E-state index >= 15 is 0 Å². The van der Waals surface area contributed by atoms with Crippen molar-refractivity contribution < 1.29 is 8.64 Å². The molecule has 0 aliphatic carbocycles. The normalized spacial score (nSPS) is 8.80. The molecule has 0 spiro atoms. The van der Waals surface area contributed by atoms with Crippen molar-refractivity contribution in [3.8, 4) is 0 Å². The molecule has 0 unspecified atom stereocenters. The Kier molecular flexibility index (Phi) is 2.11. The van der Waals surface area contributed by atoms with Gasteiger partial charge in [-0.25, -0.2) is 0 Å². The van der Waals surface area contributed by atoms with Crippen LogP contribution in [0.1, 0.15) is 10.4 Å². The fourth-order valence-electron chi connectivity index (χ4n) is 0.435. The second kappa shape index (κ2) is 3.07. The van der Waals surface area contributed by atoms with E-state index in [4.69, 9.17) is 9.58 Å². The number of H-pyrrole nitrogens is 1. The van der Waals surface area contributed by atoms with Crippen LogP contribution in [-0.2, 0) is 0 Å². The van der Waals surface area contributed by atoms with E-state index in [2.05, 4.69) is 4.37 Å². The van der Waals surface area contributed by atoms with Gasteiger partial charge in [-0.15, -0.1) is 0 Å². The summed E-state index contributed by atoms with van der Waals surface area (Å²) >= 11 is 1.02. The first kappa shape index (κ1) is 6.88. The highest BCUT2D eigenvalue weighted by molar-refractivity contribution is 6.96. The third-order valence-electron chi connectivity index (χ3n) is 0.887. The number of nitrogens with one attached hydrogen (secondary N) is 1. The molecule has 0 aliphatic rings. The second-order valence-corrected chi connectivity index (χ2v) is 2.16. The fraction of sp³-hybridized carbons (Fsp3) is 0. The Morgan fingerprint density at radius 3 is 3.30 bits per heavy atom. The van der Waals surface area contributed by atoms with Gasteiger partial charge < -0.3 is 9.58 Å².